The van der Waals surface area contributed by atoms with E-state index >= 15 is 0 Å². The summed E-state index contributed by atoms with van der Waals surface area (Å²) >= 11 is 0. The Kier molecular flexibility index (Phi) is 2.64. The van der Waals surface area contributed by atoms with E-state index < -0.39 is 0 Å². The largest absolute Gasteiger partial charge is 0.0617 e. The van der Waals surface area contributed by atoms with Crippen LogP contribution in [-0.2, 0) is 0 Å². The first kappa shape index (κ1) is 7.96. The minimum Gasteiger partial charge on any atom is -0.0617 e. The van der Waals surface area contributed by atoms with Gasteiger partial charge in [0.05, 0.1) is 0 Å². The van der Waals surface area contributed by atoms with Crippen LogP contribution in [0, 0.1) is 13.8 Å². The predicted octanol–water partition coefficient (Wildman–Crippen LogP) is 3.55. The van der Waals surface area contributed by atoms with Gasteiger partial charge in [0.1, 0.15) is 0 Å². The Morgan fingerprint density at radius 1 is 1.20 bits per heavy atom. The summed E-state index contributed by atoms with van der Waals surface area (Å²) in [7, 11) is 6.95. The molecule has 0 radical (unpaired) electrons. The zero-order valence-corrected chi connectivity index (χ0v) is 7.59. The number of benzene rings is 1. The summed E-state index contributed by atoms with van der Waals surface area (Å²) in [5.41, 5.74) is 2.50. The van der Waals surface area contributed by atoms with E-state index in [2.05, 4.69) is 26.0 Å². The zero-order chi connectivity index (χ0) is 7.56. The van der Waals surface area contributed by atoms with Crippen molar-refractivity contribution >= 4 is 21.7 Å². The molecule has 0 aliphatic heterocycles. The van der Waals surface area contributed by atoms with Gasteiger partial charge in [-0.1, -0.05) is 18.2 Å². The van der Waals surface area contributed by atoms with E-state index in [4.69, 9.17) is 10.7 Å². The van der Waals surface area contributed by atoms with Crippen LogP contribution in [0.15, 0.2) is 23.1 Å². The van der Waals surface area contributed by atoms with E-state index in [0.717, 1.165) is 0 Å². The number of hydrogen-bond donors (Lipinski definition) is 0. The molecule has 1 rings (SSSR count). The van der Waals surface area contributed by atoms with Gasteiger partial charge >= 0.3 is 0 Å². The lowest BCUT2D eigenvalue weighted by Crippen LogP contribution is -1.80. The summed E-state index contributed by atoms with van der Waals surface area (Å²) in [6.07, 6.45) is 0. The van der Waals surface area contributed by atoms with Gasteiger partial charge in [0.15, 0.2) is 0 Å². The standard InChI is InChI=1S/C8H9ClS/c1-6-4-3-5-7(2)8(6)10-9/h3-5H,1-2H3. The first-order valence-electron chi connectivity index (χ1n) is 3.10. The highest BCUT2D eigenvalue weighted by atomic mass is 35.7. The number of halogens is 1. The summed E-state index contributed by atoms with van der Waals surface area (Å²) in [5, 5.41) is 0. The van der Waals surface area contributed by atoms with Gasteiger partial charge in [0.25, 0.3) is 0 Å². The van der Waals surface area contributed by atoms with Gasteiger partial charge < -0.3 is 0 Å². The third kappa shape index (κ3) is 1.47. The van der Waals surface area contributed by atoms with Crippen LogP contribution in [0.25, 0.3) is 0 Å². The molecule has 0 unspecified atom stereocenters. The van der Waals surface area contributed by atoms with Crippen LogP contribution in [0.1, 0.15) is 11.1 Å². The van der Waals surface area contributed by atoms with Gasteiger partial charge in [-0.05, 0) is 46.6 Å². The molecule has 0 spiro atoms. The lowest BCUT2D eigenvalue weighted by molar-refractivity contribution is 1.22. The maximum absolute atomic E-state index is 5.65. The van der Waals surface area contributed by atoms with Gasteiger partial charge in [-0.25, -0.2) is 0 Å². The van der Waals surface area contributed by atoms with E-state index in [9.17, 15) is 0 Å². The summed E-state index contributed by atoms with van der Waals surface area (Å²) in [6, 6.07) is 6.18. The average Bonchev–Trinajstić information content (AvgIpc) is 1.88. The second kappa shape index (κ2) is 3.31. The van der Waals surface area contributed by atoms with Crippen LogP contribution in [0.3, 0.4) is 0 Å². The van der Waals surface area contributed by atoms with Crippen LogP contribution in [0.2, 0.25) is 0 Å². The molecule has 0 bridgehead atoms. The highest BCUT2D eigenvalue weighted by molar-refractivity contribution is 8.21. The molecule has 0 nitrogen and oxygen atoms in total. The van der Waals surface area contributed by atoms with Crippen LogP contribution in [-0.4, -0.2) is 0 Å². The molecule has 0 atom stereocenters. The molecule has 0 amide bonds. The monoisotopic (exact) mass is 172 g/mol. The van der Waals surface area contributed by atoms with Crippen molar-refractivity contribution in [1.29, 1.82) is 0 Å². The topological polar surface area (TPSA) is 0 Å². The van der Waals surface area contributed by atoms with Crippen molar-refractivity contribution in [3.8, 4) is 0 Å². The Hall–Kier alpha value is -0.140. The fraction of sp³-hybridized carbons (Fsp3) is 0.250. The smallest absolute Gasteiger partial charge is 0.0291 e. The minimum atomic E-state index is 1.18. The minimum absolute atomic E-state index is 1.18. The van der Waals surface area contributed by atoms with E-state index in [0.29, 0.717) is 0 Å². The third-order valence-electron chi connectivity index (χ3n) is 1.49. The molecule has 0 heterocycles. The van der Waals surface area contributed by atoms with E-state index in [1.807, 2.05) is 6.07 Å². The fourth-order valence-electron chi connectivity index (χ4n) is 0.921. The van der Waals surface area contributed by atoms with Crippen molar-refractivity contribution in [1.82, 2.24) is 0 Å². The molecule has 0 aliphatic carbocycles. The Bertz CT molecular complexity index is 212. The highest BCUT2D eigenvalue weighted by Gasteiger charge is 1.98. The maximum atomic E-state index is 5.65. The summed E-state index contributed by atoms with van der Waals surface area (Å²) in [5.74, 6) is 0. The molecule has 0 aliphatic rings. The second-order valence-corrected chi connectivity index (χ2v) is 3.32. The van der Waals surface area contributed by atoms with Gasteiger partial charge in [0, 0.05) is 4.90 Å². The normalized spacial score (nSPS) is 9.90. The SMILES string of the molecule is Cc1cccc(C)c1SCl. The van der Waals surface area contributed by atoms with Crippen molar-refractivity contribution in [2.75, 3.05) is 0 Å². The summed E-state index contributed by atoms with van der Waals surface area (Å²) in [6.45, 7) is 4.13. The highest BCUT2D eigenvalue weighted by Crippen LogP contribution is 2.28. The lowest BCUT2D eigenvalue weighted by Gasteiger charge is -2.02. The van der Waals surface area contributed by atoms with Crippen molar-refractivity contribution < 1.29 is 0 Å². The molecular formula is C8H9ClS. The zero-order valence-electron chi connectivity index (χ0n) is 6.02. The Balaban J connectivity index is 3.17. The molecule has 1 aromatic rings. The molecule has 54 valence electrons. The molecule has 0 fully saturated rings. The molecule has 0 aromatic heterocycles. The van der Waals surface area contributed by atoms with Crippen LogP contribution in [0.5, 0.6) is 0 Å². The molecule has 0 N–H and O–H groups in total. The van der Waals surface area contributed by atoms with Crippen molar-refractivity contribution in [3.05, 3.63) is 29.3 Å². The number of hydrogen-bond acceptors (Lipinski definition) is 1. The Morgan fingerprint density at radius 3 is 2.00 bits per heavy atom. The van der Waals surface area contributed by atoms with Crippen molar-refractivity contribution in [2.24, 2.45) is 0 Å². The molecule has 0 saturated carbocycles. The fourth-order valence-corrected chi connectivity index (χ4v) is 2.03. The van der Waals surface area contributed by atoms with Crippen LogP contribution >= 0.6 is 21.7 Å². The second-order valence-electron chi connectivity index (χ2n) is 2.30. The predicted molar refractivity (Wildman–Crippen MR) is 47.6 cm³/mol. The Morgan fingerprint density at radius 2 is 1.70 bits per heavy atom. The van der Waals surface area contributed by atoms with Crippen LogP contribution < -0.4 is 0 Å². The van der Waals surface area contributed by atoms with E-state index in [1.54, 1.807) is 0 Å². The van der Waals surface area contributed by atoms with Gasteiger partial charge in [-0.3, -0.25) is 0 Å². The van der Waals surface area contributed by atoms with Crippen molar-refractivity contribution in [2.45, 2.75) is 18.7 Å². The van der Waals surface area contributed by atoms with E-state index in [1.165, 1.54) is 27.0 Å². The molecule has 10 heavy (non-hydrogen) atoms. The first-order chi connectivity index (χ1) is 4.75. The quantitative estimate of drug-likeness (QED) is 0.625. The summed E-state index contributed by atoms with van der Waals surface area (Å²) < 4.78 is 0. The number of aryl methyl sites for hydroxylation is 2. The molecular weight excluding hydrogens is 164 g/mol. The first-order valence-corrected chi connectivity index (χ1v) is 4.75. The van der Waals surface area contributed by atoms with Gasteiger partial charge in [-0.15, -0.1) is 0 Å². The molecule has 2 heteroatoms. The maximum Gasteiger partial charge on any atom is 0.0291 e. The van der Waals surface area contributed by atoms with E-state index in [-0.39, 0.29) is 0 Å². The average molecular weight is 173 g/mol. The lowest BCUT2D eigenvalue weighted by atomic mass is 10.2. The number of rotatable bonds is 1. The van der Waals surface area contributed by atoms with Crippen molar-refractivity contribution in [3.63, 3.8) is 0 Å². The Labute approximate surface area is 70.1 Å². The van der Waals surface area contributed by atoms with Gasteiger partial charge in [0.2, 0.25) is 0 Å². The molecule has 0 saturated heterocycles. The van der Waals surface area contributed by atoms with Crippen LogP contribution in [0.4, 0.5) is 0 Å². The van der Waals surface area contributed by atoms with Gasteiger partial charge in [-0.2, -0.15) is 0 Å². The third-order valence-corrected chi connectivity index (χ3v) is 2.75. The summed E-state index contributed by atoms with van der Waals surface area (Å²) in [4.78, 5) is 1.18. The molecule has 1 aromatic carbocycles.